The molecule has 0 bridgehead atoms. The van der Waals surface area contributed by atoms with Gasteiger partial charge in [-0.25, -0.2) is 0 Å². The van der Waals surface area contributed by atoms with Crippen LogP contribution in [0.3, 0.4) is 0 Å². The summed E-state index contributed by atoms with van der Waals surface area (Å²) in [4.78, 5) is 4.35. The molecule has 3 rings (SSSR count). The Bertz CT molecular complexity index is 786. The highest BCUT2D eigenvalue weighted by molar-refractivity contribution is 6.35. The lowest BCUT2D eigenvalue weighted by Crippen LogP contribution is -1.93. The number of nitrogen functional groups attached to an aromatic ring is 1. The quantitative estimate of drug-likeness (QED) is 0.734. The zero-order valence-electron chi connectivity index (χ0n) is 10.9. The Morgan fingerprint density at radius 1 is 1.10 bits per heavy atom. The maximum Gasteiger partial charge on any atom is 0.260 e. The van der Waals surface area contributed by atoms with Gasteiger partial charge in [-0.3, -0.25) is 0 Å². The number of anilines is 1. The average Bonchev–Trinajstić information content (AvgIpc) is 2.91. The molecule has 1 aromatic heterocycles. The maximum atomic E-state index is 6.14. The first-order valence-electron chi connectivity index (χ1n) is 6.25. The Kier molecular flexibility index (Phi) is 3.82. The van der Waals surface area contributed by atoms with Gasteiger partial charge in [0.1, 0.15) is 0 Å². The van der Waals surface area contributed by atoms with Gasteiger partial charge in [0.05, 0.1) is 5.56 Å². The van der Waals surface area contributed by atoms with Crippen LogP contribution in [0.15, 0.2) is 47.0 Å². The second-order valence-corrected chi connectivity index (χ2v) is 5.36. The van der Waals surface area contributed by atoms with E-state index in [1.807, 2.05) is 24.3 Å². The highest BCUT2D eigenvalue weighted by atomic mass is 35.5. The van der Waals surface area contributed by atoms with Gasteiger partial charge in [0.2, 0.25) is 0 Å². The van der Waals surface area contributed by atoms with Gasteiger partial charge in [-0.05, 0) is 29.8 Å². The Morgan fingerprint density at radius 3 is 2.67 bits per heavy atom. The predicted octanol–water partition coefficient (Wildman–Crippen LogP) is 4.22. The van der Waals surface area contributed by atoms with E-state index in [4.69, 9.17) is 33.5 Å². The van der Waals surface area contributed by atoms with E-state index in [0.29, 0.717) is 33.9 Å². The van der Waals surface area contributed by atoms with E-state index in [1.54, 1.807) is 18.2 Å². The molecule has 0 amide bonds. The van der Waals surface area contributed by atoms with Crippen LogP contribution in [-0.4, -0.2) is 10.1 Å². The van der Waals surface area contributed by atoms with Crippen LogP contribution < -0.4 is 5.73 Å². The minimum absolute atomic E-state index is 0.396. The van der Waals surface area contributed by atoms with Crippen molar-refractivity contribution < 1.29 is 4.52 Å². The minimum Gasteiger partial charge on any atom is -0.398 e. The first-order valence-corrected chi connectivity index (χ1v) is 7.00. The topological polar surface area (TPSA) is 64.9 Å². The number of halogens is 2. The summed E-state index contributed by atoms with van der Waals surface area (Å²) in [5.74, 6) is 0.936. The molecule has 0 atom stereocenters. The van der Waals surface area contributed by atoms with Crippen molar-refractivity contribution in [2.75, 3.05) is 5.73 Å². The second-order valence-electron chi connectivity index (χ2n) is 4.52. The third-order valence-electron chi connectivity index (χ3n) is 3.02. The number of hydrogen-bond donors (Lipinski definition) is 1. The van der Waals surface area contributed by atoms with Crippen molar-refractivity contribution in [3.05, 3.63) is 63.9 Å². The summed E-state index contributed by atoms with van der Waals surface area (Å²) in [5, 5.41) is 5.13. The molecule has 0 radical (unpaired) electrons. The molecule has 21 heavy (non-hydrogen) atoms. The molecule has 106 valence electrons. The monoisotopic (exact) mass is 319 g/mol. The number of aromatic nitrogens is 2. The molecule has 0 saturated heterocycles. The number of nitrogens with two attached hydrogens (primary N) is 1. The zero-order chi connectivity index (χ0) is 14.8. The molecule has 2 N–H and O–H groups in total. The maximum absolute atomic E-state index is 6.14. The van der Waals surface area contributed by atoms with Crippen LogP contribution in [0.25, 0.3) is 11.5 Å². The van der Waals surface area contributed by atoms with Gasteiger partial charge < -0.3 is 10.3 Å². The standard InChI is InChI=1S/C15H11Cl2N3O/c16-10-6-5-9(12(17)8-10)7-14-19-15(21-20-14)11-3-1-2-4-13(11)18/h1-6,8H,7,18H2. The summed E-state index contributed by atoms with van der Waals surface area (Å²) in [5.41, 5.74) is 8.09. The molecule has 1 heterocycles. The number of hydrogen-bond acceptors (Lipinski definition) is 4. The van der Waals surface area contributed by atoms with Gasteiger partial charge in [0.15, 0.2) is 5.82 Å². The van der Waals surface area contributed by atoms with Gasteiger partial charge >= 0.3 is 0 Å². The molecular weight excluding hydrogens is 309 g/mol. The van der Waals surface area contributed by atoms with Crippen molar-refractivity contribution >= 4 is 28.9 Å². The molecule has 0 unspecified atom stereocenters. The fourth-order valence-corrected chi connectivity index (χ4v) is 2.44. The molecule has 0 aliphatic carbocycles. The summed E-state index contributed by atoms with van der Waals surface area (Å²) in [6.45, 7) is 0. The van der Waals surface area contributed by atoms with E-state index in [9.17, 15) is 0 Å². The number of nitrogens with zero attached hydrogens (tertiary/aromatic N) is 2. The SMILES string of the molecule is Nc1ccccc1-c1nc(Cc2ccc(Cl)cc2Cl)no1. The van der Waals surface area contributed by atoms with Crippen LogP contribution in [0.5, 0.6) is 0 Å². The molecule has 4 nitrogen and oxygen atoms in total. The molecule has 3 aromatic rings. The highest BCUT2D eigenvalue weighted by Crippen LogP contribution is 2.26. The molecule has 0 aliphatic rings. The third kappa shape index (κ3) is 3.01. The van der Waals surface area contributed by atoms with Crippen molar-refractivity contribution in [1.29, 1.82) is 0 Å². The lowest BCUT2D eigenvalue weighted by atomic mass is 10.1. The van der Waals surface area contributed by atoms with E-state index < -0.39 is 0 Å². The lowest BCUT2D eigenvalue weighted by molar-refractivity contribution is 0.424. The van der Waals surface area contributed by atoms with Gasteiger partial charge in [0.25, 0.3) is 5.89 Å². The summed E-state index contributed by atoms with van der Waals surface area (Å²) >= 11 is 12.0. The molecule has 2 aromatic carbocycles. The molecular formula is C15H11Cl2N3O. The molecule has 6 heteroatoms. The molecule has 0 saturated carbocycles. The van der Waals surface area contributed by atoms with Crippen LogP contribution in [0, 0.1) is 0 Å². The van der Waals surface area contributed by atoms with Crippen molar-refractivity contribution in [3.63, 3.8) is 0 Å². The largest absolute Gasteiger partial charge is 0.398 e. The number of benzene rings is 2. The van der Waals surface area contributed by atoms with Gasteiger partial charge in [-0.1, -0.05) is 46.6 Å². The fraction of sp³-hybridized carbons (Fsp3) is 0.0667. The normalized spacial score (nSPS) is 10.8. The predicted molar refractivity (Wildman–Crippen MR) is 83.4 cm³/mol. The average molecular weight is 320 g/mol. The van der Waals surface area contributed by atoms with Crippen molar-refractivity contribution in [2.24, 2.45) is 0 Å². The van der Waals surface area contributed by atoms with Gasteiger partial charge in [0, 0.05) is 22.2 Å². The van der Waals surface area contributed by atoms with Crippen molar-refractivity contribution in [1.82, 2.24) is 10.1 Å². The number of para-hydroxylation sites is 1. The second kappa shape index (κ2) is 5.76. The van der Waals surface area contributed by atoms with Crippen LogP contribution in [0.4, 0.5) is 5.69 Å². The van der Waals surface area contributed by atoms with Crippen LogP contribution in [0.1, 0.15) is 11.4 Å². The summed E-state index contributed by atoms with van der Waals surface area (Å²) in [7, 11) is 0. The molecule has 0 spiro atoms. The van der Waals surface area contributed by atoms with E-state index in [1.165, 1.54) is 0 Å². The molecule has 0 aliphatic heterocycles. The van der Waals surface area contributed by atoms with Crippen molar-refractivity contribution in [3.8, 4) is 11.5 Å². The van der Waals surface area contributed by atoms with Gasteiger partial charge in [-0.15, -0.1) is 0 Å². The Hall–Kier alpha value is -2.04. The van der Waals surface area contributed by atoms with Gasteiger partial charge in [-0.2, -0.15) is 4.98 Å². The summed E-state index contributed by atoms with van der Waals surface area (Å²) < 4.78 is 5.26. The van der Waals surface area contributed by atoms with E-state index in [0.717, 1.165) is 11.1 Å². The Labute approximate surface area is 131 Å². The molecule has 0 fully saturated rings. The Balaban J connectivity index is 1.87. The zero-order valence-corrected chi connectivity index (χ0v) is 12.4. The van der Waals surface area contributed by atoms with E-state index >= 15 is 0 Å². The van der Waals surface area contributed by atoms with Crippen LogP contribution >= 0.6 is 23.2 Å². The lowest BCUT2D eigenvalue weighted by Gasteiger charge is -2.01. The van der Waals surface area contributed by atoms with Crippen LogP contribution in [0.2, 0.25) is 10.0 Å². The fourth-order valence-electron chi connectivity index (χ4n) is 1.96. The van der Waals surface area contributed by atoms with Crippen LogP contribution in [-0.2, 0) is 6.42 Å². The first kappa shape index (κ1) is 13.9. The first-order chi connectivity index (χ1) is 10.1. The van der Waals surface area contributed by atoms with E-state index in [-0.39, 0.29) is 0 Å². The summed E-state index contributed by atoms with van der Waals surface area (Å²) in [6.07, 6.45) is 0.465. The number of rotatable bonds is 3. The minimum atomic E-state index is 0.396. The smallest absolute Gasteiger partial charge is 0.260 e. The van der Waals surface area contributed by atoms with Crippen molar-refractivity contribution in [2.45, 2.75) is 6.42 Å². The summed E-state index contributed by atoms with van der Waals surface area (Å²) in [6, 6.07) is 12.7. The third-order valence-corrected chi connectivity index (χ3v) is 3.61. The highest BCUT2D eigenvalue weighted by Gasteiger charge is 2.12. The Morgan fingerprint density at radius 2 is 1.90 bits per heavy atom. The van der Waals surface area contributed by atoms with E-state index in [2.05, 4.69) is 10.1 Å².